The quantitative estimate of drug-likeness (QED) is 0.805. The molecular formula is C19H23N3O. The van der Waals surface area contributed by atoms with Gasteiger partial charge in [0.25, 0.3) is 5.91 Å². The molecule has 0 spiro atoms. The van der Waals surface area contributed by atoms with E-state index in [0.29, 0.717) is 6.54 Å². The number of rotatable bonds is 3. The number of carbonyl (C=O) groups excluding carboxylic acids is 1. The van der Waals surface area contributed by atoms with Gasteiger partial charge in [-0.1, -0.05) is 35.9 Å². The van der Waals surface area contributed by atoms with E-state index in [0.717, 1.165) is 35.6 Å². The number of nitrogens with zero attached hydrogens (tertiary/aromatic N) is 3. The van der Waals surface area contributed by atoms with Gasteiger partial charge in [0.2, 0.25) is 0 Å². The van der Waals surface area contributed by atoms with Crippen molar-refractivity contribution < 1.29 is 4.79 Å². The van der Waals surface area contributed by atoms with Gasteiger partial charge in [-0.05, 0) is 19.4 Å². The molecule has 120 valence electrons. The average Bonchev–Trinajstić information content (AvgIpc) is 2.72. The average molecular weight is 309 g/mol. The summed E-state index contributed by atoms with van der Waals surface area (Å²) in [4.78, 5) is 21.6. The van der Waals surface area contributed by atoms with Crippen molar-refractivity contribution in [2.24, 2.45) is 4.99 Å². The molecule has 2 aliphatic heterocycles. The van der Waals surface area contributed by atoms with Gasteiger partial charge in [-0.15, -0.1) is 6.58 Å². The zero-order valence-corrected chi connectivity index (χ0v) is 14.0. The van der Waals surface area contributed by atoms with Crippen LogP contribution in [0.15, 0.2) is 53.2 Å². The number of amides is 1. The van der Waals surface area contributed by atoms with Crippen molar-refractivity contribution in [2.75, 3.05) is 26.7 Å². The Hall–Kier alpha value is -2.36. The van der Waals surface area contributed by atoms with Crippen LogP contribution in [0.3, 0.4) is 0 Å². The van der Waals surface area contributed by atoms with E-state index in [1.807, 2.05) is 23.8 Å². The first-order valence-electron chi connectivity index (χ1n) is 7.99. The van der Waals surface area contributed by atoms with E-state index in [1.165, 1.54) is 5.56 Å². The molecule has 1 aromatic carbocycles. The summed E-state index contributed by atoms with van der Waals surface area (Å²) in [6, 6.07) is 8.32. The second-order valence-corrected chi connectivity index (χ2v) is 6.21. The summed E-state index contributed by atoms with van der Waals surface area (Å²) in [6.07, 6.45) is 1.79. The van der Waals surface area contributed by atoms with Gasteiger partial charge in [-0.2, -0.15) is 0 Å². The number of aliphatic imine (C=N–C) groups is 1. The molecule has 0 saturated carbocycles. The Morgan fingerprint density at radius 3 is 2.65 bits per heavy atom. The predicted octanol–water partition coefficient (Wildman–Crippen LogP) is 2.72. The van der Waals surface area contributed by atoms with Gasteiger partial charge in [0.1, 0.15) is 5.70 Å². The maximum atomic E-state index is 13.0. The Labute approximate surface area is 137 Å². The van der Waals surface area contributed by atoms with Crippen LogP contribution in [-0.2, 0) is 4.79 Å². The molecule has 3 rings (SSSR count). The highest BCUT2D eigenvalue weighted by Crippen LogP contribution is 2.40. The van der Waals surface area contributed by atoms with E-state index in [9.17, 15) is 4.79 Å². The third kappa shape index (κ3) is 2.58. The zero-order chi connectivity index (χ0) is 16.6. The van der Waals surface area contributed by atoms with Crippen LogP contribution >= 0.6 is 0 Å². The molecule has 0 aromatic heterocycles. The number of carbonyl (C=O) groups is 1. The van der Waals surface area contributed by atoms with Gasteiger partial charge in [0, 0.05) is 31.4 Å². The molecule has 0 aliphatic carbocycles. The highest BCUT2D eigenvalue weighted by atomic mass is 16.2. The van der Waals surface area contributed by atoms with Crippen LogP contribution in [0.25, 0.3) is 0 Å². The van der Waals surface area contributed by atoms with Crippen LogP contribution < -0.4 is 0 Å². The van der Waals surface area contributed by atoms with Gasteiger partial charge in [-0.3, -0.25) is 9.79 Å². The lowest BCUT2D eigenvalue weighted by atomic mass is 9.95. The summed E-state index contributed by atoms with van der Waals surface area (Å²) in [7, 11) is 1.98. The molecule has 23 heavy (non-hydrogen) atoms. The van der Waals surface area contributed by atoms with Gasteiger partial charge < -0.3 is 9.80 Å². The van der Waals surface area contributed by atoms with Crippen molar-refractivity contribution >= 4 is 11.6 Å². The number of aryl methyl sites for hydroxylation is 1. The lowest BCUT2D eigenvalue weighted by molar-refractivity contribution is -0.127. The van der Waals surface area contributed by atoms with E-state index in [2.05, 4.69) is 42.8 Å². The lowest BCUT2D eigenvalue weighted by Crippen LogP contribution is -2.34. The molecular weight excluding hydrogens is 286 g/mol. The van der Waals surface area contributed by atoms with Crippen molar-refractivity contribution in [3.05, 3.63) is 59.3 Å². The second kappa shape index (κ2) is 6.03. The van der Waals surface area contributed by atoms with Crippen molar-refractivity contribution in [2.45, 2.75) is 19.9 Å². The monoisotopic (exact) mass is 309 g/mol. The van der Waals surface area contributed by atoms with Gasteiger partial charge >= 0.3 is 0 Å². The Morgan fingerprint density at radius 2 is 2.00 bits per heavy atom. The maximum Gasteiger partial charge on any atom is 0.271 e. The minimum Gasteiger partial charge on any atom is -0.368 e. The highest BCUT2D eigenvalue weighted by molar-refractivity contribution is 6.11. The molecule has 1 unspecified atom stereocenters. The molecule has 0 fully saturated rings. The van der Waals surface area contributed by atoms with Crippen LogP contribution in [0.5, 0.6) is 0 Å². The molecule has 1 atom stereocenters. The van der Waals surface area contributed by atoms with Crippen molar-refractivity contribution in [1.29, 1.82) is 0 Å². The van der Waals surface area contributed by atoms with Crippen molar-refractivity contribution in [3.8, 4) is 0 Å². The summed E-state index contributed by atoms with van der Waals surface area (Å²) >= 11 is 0. The first-order chi connectivity index (χ1) is 11.0. The summed E-state index contributed by atoms with van der Waals surface area (Å²) in [5.74, 6) is 0.0735. The first kappa shape index (κ1) is 15.5. The van der Waals surface area contributed by atoms with Crippen LogP contribution in [0, 0.1) is 6.92 Å². The largest absolute Gasteiger partial charge is 0.368 e. The standard InChI is InChI=1S/C19H23N3O/c1-5-11-22-17(15-8-6-13(2)7-9-15)16-14(3)20-10-12-21(4)18(16)19(22)23/h5-9,17H,1,10-12H2,2-4H3. The second-order valence-electron chi connectivity index (χ2n) is 6.21. The Morgan fingerprint density at radius 1 is 1.30 bits per heavy atom. The van der Waals surface area contributed by atoms with E-state index in [1.54, 1.807) is 6.08 Å². The molecule has 0 saturated heterocycles. The number of likely N-dealkylation sites (N-methyl/N-ethyl adjacent to an activating group) is 1. The predicted molar refractivity (Wildman–Crippen MR) is 93.5 cm³/mol. The van der Waals surface area contributed by atoms with Gasteiger partial charge in [-0.25, -0.2) is 0 Å². The summed E-state index contributed by atoms with van der Waals surface area (Å²) < 4.78 is 0. The molecule has 2 heterocycles. The third-order valence-corrected chi connectivity index (χ3v) is 4.58. The smallest absolute Gasteiger partial charge is 0.271 e. The summed E-state index contributed by atoms with van der Waals surface area (Å²) in [5, 5.41) is 0. The first-order valence-corrected chi connectivity index (χ1v) is 7.99. The Kier molecular flexibility index (Phi) is 4.07. The number of benzene rings is 1. The minimum absolute atomic E-state index is 0.0735. The Bertz CT molecular complexity index is 700. The van der Waals surface area contributed by atoms with E-state index in [-0.39, 0.29) is 11.9 Å². The molecule has 2 aliphatic rings. The van der Waals surface area contributed by atoms with E-state index >= 15 is 0 Å². The van der Waals surface area contributed by atoms with Gasteiger partial charge in [0.05, 0.1) is 12.6 Å². The van der Waals surface area contributed by atoms with Crippen molar-refractivity contribution in [1.82, 2.24) is 9.80 Å². The summed E-state index contributed by atoms with van der Waals surface area (Å²) in [6.45, 7) is 9.93. The fourth-order valence-corrected chi connectivity index (χ4v) is 3.38. The molecule has 0 N–H and O–H groups in total. The van der Waals surface area contributed by atoms with Gasteiger partial charge in [0.15, 0.2) is 0 Å². The van der Waals surface area contributed by atoms with Crippen molar-refractivity contribution in [3.63, 3.8) is 0 Å². The highest BCUT2D eigenvalue weighted by Gasteiger charge is 2.42. The fraction of sp³-hybridized carbons (Fsp3) is 0.368. The van der Waals surface area contributed by atoms with Crippen LogP contribution in [0.1, 0.15) is 24.1 Å². The topological polar surface area (TPSA) is 35.9 Å². The normalized spacial score (nSPS) is 21.3. The zero-order valence-electron chi connectivity index (χ0n) is 14.0. The molecule has 0 bridgehead atoms. The van der Waals surface area contributed by atoms with E-state index in [4.69, 9.17) is 0 Å². The molecule has 1 amide bonds. The summed E-state index contributed by atoms with van der Waals surface area (Å²) in [5.41, 5.74) is 5.14. The molecule has 0 radical (unpaired) electrons. The van der Waals surface area contributed by atoms with E-state index < -0.39 is 0 Å². The SMILES string of the molecule is C=CCN1C(=O)C2=C(C(C)=NCCN2C)C1c1ccc(C)cc1. The maximum absolute atomic E-state index is 13.0. The minimum atomic E-state index is -0.0830. The number of hydrogen-bond acceptors (Lipinski definition) is 3. The molecule has 4 nitrogen and oxygen atoms in total. The Balaban J connectivity index is 2.16. The van der Waals surface area contributed by atoms with Crippen LogP contribution in [0.2, 0.25) is 0 Å². The third-order valence-electron chi connectivity index (χ3n) is 4.58. The number of hydrogen-bond donors (Lipinski definition) is 0. The van der Waals surface area contributed by atoms with Crippen LogP contribution in [0.4, 0.5) is 0 Å². The fourth-order valence-electron chi connectivity index (χ4n) is 3.38. The molecule has 4 heteroatoms. The van der Waals surface area contributed by atoms with Crippen LogP contribution in [-0.4, -0.2) is 48.1 Å². The lowest BCUT2D eigenvalue weighted by Gasteiger charge is -2.27. The molecule has 1 aromatic rings.